The maximum absolute atomic E-state index is 10.9. The van der Waals surface area contributed by atoms with E-state index in [2.05, 4.69) is 4.98 Å². The Morgan fingerprint density at radius 2 is 2.28 bits per heavy atom. The van der Waals surface area contributed by atoms with Gasteiger partial charge in [0.2, 0.25) is 0 Å². The van der Waals surface area contributed by atoms with Gasteiger partial charge in [0.1, 0.15) is 5.82 Å². The highest BCUT2D eigenvalue weighted by Gasteiger charge is 2.16. The summed E-state index contributed by atoms with van der Waals surface area (Å²) in [6.45, 7) is 4.04. The van der Waals surface area contributed by atoms with Crippen molar-refractivity contribution in [1.29, 1.82) is 0 Å². The lowest BCUT2D eigenvalue weighted by Crippen LogP contribution is -2.01. The third kappa shape index (κ3) is 2.17. The van der Waals surface area contributed by atoms with Crippen LogP contribution in [-0.2, 0) is 0 Å². The van der Waals surface area contributed by atoms with E-state index in [0.717, 1.165) is 11.5 Å². The van der Waals surface area contributed by atoms with E-state index in [1.165, 1.54) is 6.07 Å². The lowest BCUT2D eigenvalue weighted by molar-refractivity contribution is -0.385. The molecule has 0 atom stereocenters. The number of nitro groups is 1. The lowest BCUT2D eigenvalue weighted by Gasteiger charge is -2.08. The summed E-state index contributed by atoms with van der Waals surface area (Å²) in [6, 6.07) is 4.77. The van der Waals surface area contributed by atoms with Gasteiger partial charge in [0.25, 0.3) is 0 Å². The molecule has 0 amide bonds. The topological polar surface area (TPSA) is 70.2 Å². The highest BCUT2D eigenvalue weighted by molar-refractivity contribution is 5.53. The van der Waals surface area contributed by atoms with E-state index in [0.29, 0.717) is 6.61 Å². The highest BCUT2D eigenvalue weighted by Crippen LogP contribution is 2.29. The minimum Gasteiger partial charge on any atom is -0.487 e. The van der Waals surface area contributed by atoms with Gasteiger partial charge in [-0.25, -0.2) is 4.98 Å². The first kappa shape index (κ1) is 12.1. The SMILES string of the molecule is CCOc1cc(-n2ccnc2C)ccc1[N+](=O)[O-]. The number of ether oxygens (including phenoxy) is 1. The van der Waals surface area contributed by atoms with Gasteiger partial charge in [0, 0.05) is 24.5 Å². The molecule has 0 saturated carbocycles. The van der Waals surface area contributed by atoms with Gasteiger partial charge in [0.05, 0.1) is 17.2 Å². The van der Waals surface area contributed by atoms with E-state index in [-0.39, 0.29) is 11.4 Å². The van der Waals surface area contributed by atoms with Crippen LogP contribution in [0.1, 0.15) is 12.7 Å². The number of hydrogen-bond acceptors (Lipinski definition) is 4. The minimum atomic E-state index is -0.449. The third-order valence-corrected chi connectivity index (χ3v) is 2.54. The zero-order chi connectivity index (χ0) is 13.1. The average molecular weight is 247 g/mol. The minimum absolute atomic E-state index is 0.0293. The zero-order valence-corrected chi connectivity index (χ0v) is 10.2. The molecule has 0 fully saturated rings. The summed E-state index contributed by atoms with van der Waals surface area (Å²) >= 11 is 0. The Balaban J connectivity index is 2.49. The zero-order valence-electron chi connectivity index (χ0n) is 10.2. The molecule has 0 aliphatic rings. The van der Waals surface area contributed by atoms with E-state index in [9.17, 15) is 10.1 Å². The van der Waals surface area contributed by atoms with Crippen molar-refractivity contribution in [3.05, 3.63) is 46.5 Å². The smallest absolute Gasteiger partial charge is 0.311 e. The van der Waals surface area contributed by atoms with Gasteiger partial charge in [0.15, 0.2) is 5.75 Å². The molecule has 2 rings (SSSR count). The Morgan fingerprint density at radius 1 is 1.50 bits per heavy atom. The monoisotopic (exact) mass is 247 g/mol. The molecule has 0 spiro atoms. The van der Waals surface area contributed by atoms with E-state index in [4.69, 9.17) is 4.74 Å². The van der Waals surface area contributed by atoms with Gasteiger partial charge in [-0.2, -0.15) is 0 Å². The van der Waals surface area contributed by atoms with Crippen LogP contribution in [0.4, 0.5) is 5.69 Å². The lowest BCUT2D eigenvalue weighted by atomic mass is 10.2. The fourth-order valence-electron chi connectivity index (χ4n) is 1.73. The fraction of sp³-hybridized carbons (Fsp3) is 0.250. The molecule has 0 unspecified atom stereocenters. The van der Waals surface area contributed by atoms with Crippen LogP contribution in [0, 0.1) is 17.0 Å². The first-order chi connectivity index (χ1) is 8.63. The van der Waals surface area contributed by atoms with Crippen LogP contribution in [0.15, 0.2) is 30.6 Å². The van der Waals surface area contributed by atoms with E-state index in [1.54, 1.807) is 31.5 Å². The second-order valence-corrected chi connectivity index (χ2v) is 3.69. The standard InChI is InChI=1S/C12H13N3O3/c1-3-18-12-8-10(4-5-11(12)15(16)17)14-7-6-13-9(14)2/h4-8H,3H2,1-2H3. The maximum Gasteiger partial charge on any atom is 0.311 e. The molecule has 0 bridgehead atoms. The Bertz CT molecular complexity index is 578. The number of aromatic nitrogens is 2. The van der Waals surface area contributed by atoms with Gasteiger partial charge >= 0.3 is 5.69 Å². The van der Waals surface area contributed by atoms with Crippen LogP contribution >= 0.6 is 0 Å². The van der Waals surface area contributed by atoms with Gasteiger partial charge in [-0.1, -0.05) is 0 Å². The van der Waals surface area contributed by atoms with Crippen molar-refractivity contribution in [2.45, 2.75) is 13.8 Å². The van der Waals surface area contributed by atoms with Gasteiger partial charge in [-0.15, -0.1) is 0 Å². The molecule has 1 aromatic heterocycles. The number of aryl methyl sites for hydroxylation is 1. The highest BCUT2D eigenvalue weighted by atomic mass is 16.6. The van der Waals surface area contributed by atoms with Crippen molar-refractivity contribution >= 4 is 5.69 Å². The van der Waals surface area contributed by atoms with Crippen LogP contribution in [0.25, 0.3) is 5.69 Å². The summed E-state index contributed by atoms with van der Waals surface area (Å²) in [5, 5.41) is 10.9. The Labute approximate surface area is 104 Å². The van der Waals surface area contributed by atoms with Crippen molar-refractivity contribution < 1.29 is 9.66 Å². The largest absolute Gasteiger partial charge is 0.487 e. The Hall–Kier alpha value is -2.37. The second-order valence-electron chi connectivity index (χ2n) is 3.69. The van der Waals surface area contributed by atoms with Gasteiger partial charge < -0.3 is 9.30 Å². The molecular weight excluding hydrogens is 234 g/mol. The van der Waals surface area contributed by atoms with Crippen LogP contribution in [0.3, 0.4) is 0 Å². The van der Waals surface area contributed by atoms with E-state index >= 15 is 0 Å². The first-order valence-corrected chi connectivity index (χ1v) is 5.55. The summed E-state index contributed by atoms with van der Waals surface area (Å²) in [6.07, 6.45) is 3.48. The van der Waals surface area contributed by atoms with Crippen LogP contribution in [-0.4, -0.2) is 21.1 Å². The van der Waals surface area contributed by atoms with Gasteiger partial charge in [-0.3, -0.25) is 10.1 Å². The number of nitro benzene ring substituents is 1. The summed E-state index contributed by atoms with van der Waals surface area (Å²) in [7, 11) is 0. The molecule has 18 heavy (non-hydrogen) atoms. The summed E-state index contributed by atoms with van der Waals surface area (Å²) < 4.78 is 7.14. The first-order valence-electron chi connectivity index (χ1n) is 5.55. The van der Waals surface area contributed by atoms with Crippen molar-refractivity contribution in [1.82, 2.24) is 9.55 Å². The number of imidazole rings is 1. The number of rotatable bonds is 4. The molecule has 1 aromatic carbocycles. The second kappa shape index (κ2) is 4.87. The molecule has 6 heteroatoms. The van der Waals surface area contributed by atoms with E-state index in [1.807, 2.05) is 11.5 Å². The molecule has 0 radical (unpaired) electrons. The van der Waals surface area contributed by atoms with Crippen molar-refractivity contribution in [2.75, 3.05) is 6.61 Å². The van der Waals surface area contributed by atoms with Crippen LogP contribution in [0.5, 0.6) is 5.75 Å². The molecule has 0 aliphatic heterocycles. The summed E-state index contributed by atoms with van der Waals surface area (Å²) in [4.78, 5) is 14.5. The number of hydrogen-bond donors (Lipinski definition) is 0. The maximum atomic E-state index is 10.9. The molecular formula is C12H13N3O3. The quantitative estimate of drug-likeness (QED) is 0.614. The van der Waals surface area contributed by atoms with Crippen molar-refractivity contribution in [3.8, 4) is 11.4 Å². The van der Waals surface area contributed by atoms with Crippen molar-refractivity contribution in [2.24, 2.45) is 0 Å². The molecule has 0 N–H and O–H groups in total. The average Bonchev–Trinajstić information content (AvgIpc) is 2.75. The summed E-state index contributed by atoms with van der Waals surface area (Å²) in [5.74, 6) is 1.08. The Kier molecular flexibility index (Phi) is 3.27. The predicted molar refractivity (Wildman–Crippen MR) is 66.1 cm³/mol. The molecule has 94 valence electrons. The fourth-order valence-corrected chi connectivity index (χ4v) is 1.73. The summed E-state index contributed by atoms with van der Waals surface area (Å²) in [5.41, 5.74) is 0.761. The normalized spacial score (nSPS) is 10.3. The predicted octanol–water partition coefficient (Wildman–Crippen LogP) is 2.49. The molecule has 0 saturated heterocycles. The molecule has 1 heterocycles. The molecule has 6 nitrogen and oxygen atoms in total. The van der Waals surface area contributed by atoms with Crippen LogP contribution in [0.2, 0.25) is 0 Å². The Morgan fingerprint density at radius 3 is 2.83 bits per heavy atom. The van der Waals surface area contributed by atoms with Gasteiger partial charge in [-0.05, 0) is 19.9 Å². The molecule has 2 aromatic rings. The third-order valence-electron chi connectivity index (χ3n) is 2.54. The van der Waals surface area contributed by atoms with E-state index < -0.39 is 4.92 Å². The molecule has 0 aliphatic carbocycles. The number of benzene rings is 1. The number of nitrogens with zero attached hydrogens (tertiary/aromatic N) is 3. The van der Waals surface area contributed by atoms with Crippen molar-refractivity contribution in [3.63, 3.8) is 0 Å². The van der Waals surface area contributed by atoms with Crippen LogP contribution < -0.4 is 4.74 Å².